The molecule has 124 valence electrons. The second kappa shape index (κ2) is 9.87. The minimum atomic E-state index is 0. The minimum absolute atomic E-state index is 0. The highest BCUT2D eigenvalue weighted by Gasteiger charge is 2.22. The van der Waals surface area contributed by atoms with Crippen LogP contribution in [0.4, 0.5) is 0 Å². The Labute approximate surface area is 147 Å². The number of rotatable bonds is 6. The van der Waals surface area contributed by atoms with E-state index in [1.807, 2.05) is 0 Å². The Bertz CT molecular complexity index is 307. The van der Waals surface area contributed by atoms with E-state index in [4.69, 9.17) is 4.99 Å². The normalized spacial score (nSPS) is 21.2. The Kier molecular flexibility index (Phi) is 8.94. The second-order valence-electron chi connectivity index (χ2n) is 6.54. The van der Waals surface area contributed by atoms with Gasteiger partial charge in [-0.05, 0) is 46.0 Å². The highest BCUT2D eigenvalue weighted by molar-refractivity contribution is 14.0. The highest BCUT2D eigenvalue weighted by atomic mass is 127. The number of halogens is 1. The van der Waals surface area contributed by atoms with E-state index < -0.39 is 0 Å². The molecule has 0 aromatic carbocycles. The molecule has 1 heterocycles. The molecule has 0 amide bonds. The lowest BCUT2D eigenvalue weighted by atomic mass is 10.0. The van der Waals surface area contributed by atoms with E-state index in [2.05, 4.69) is 36.3 Å². The summed E-state index contributed by atoms with van der Waals surface area (Å²) in [5.74, 6) is 1.99. The van der Waals surface area contributed by atoms with Crippen LogP contribution in [0.15, 0.2) is 4.99 Å². The molecule has 0 bridgehead atoms. The molecule has 1 saturated carbocycles. The number of piperidine rings is 1. The quantitative estimate of drug-likeness (QED) is 0.404. The molecule has 4 nitrogen and oxygen atoms in total. The summed E-state index contributed by atoms with van der Waals surface area (Å²) in [6, 6.07) is 1.26. The summed E-state index contributed by atoms with van der Waals surface area (Å²) in [6.07, 6.45) is 6.57. The monoisotopic (exact) mass is 408 g/mol. The first-order valence-electron chi connectivity index (χ1n) is 8.48. The predicted molar refractivity (Wildman–Crippen MR) is 102 cm³/mol. The number of guanidine groups is 1. The fourth-order valence-electron chi connectivity index (χ4n) is 2.84. The summed E-state index contributed by atoms with van der Waals surface area (Å²) < 4.78 is 0. The molecule has 0 atom stereocenters. The topological polar surface area (TPSA) is 39.7 Å². The molecule has 0 aromatic heterocycles. The van der Waals surface area contributed by atoms with Crippen LogP contribution >= 0.6 is 24.0 Å². The van der Waals surface area contributed by atoms with Gasteiger partial charge in [0.05, 0.1) is 0 Å². The van der Waals surface area contributed by atoms with Gasteiger partial charge in [0.15, 0.2) is 5.96 Å². The van der Waals surface area contributed by atoms with Gasteiger partial charge >= 0.3 is 0 Å². The first-order chi connectivity index (χ1) is 9.69. The Morgan fingerprint density at radius 3 is 2.38 bits per heavy atom. The first kappa shape index (κ1) is 19.0. The van der Waals surface area contributed by atoms with Crippen molar-refractivity contribution in [2.75, 3.05) is 26.2 Å². The van der Waals surface area contributed by atoms with Crippen molar-refractivity contribution in [1.29, 1.82) is 0 Å². The van der Waals surface area contributed by atoms with Gasteiger partial charge < -0.3 is 15.5 Å². The zero-order valence-corrected chi connectivity index (χ0v) is 16.2. The Hall–Kier alpha value is -0.0400. The molecule has 0 spiro atoms. The zero-order chi connectivity index (χ0) is 14.4. The molecule has 2 aliphatic rings. The van der Waals surface area contributed by atoms with Gasteiger partial charge in [0.1, 0.15) is 0 Å². The second-order valence-corrected chi connectivity index (χ2v) is 6.54. The number of nitrogens with zero attached hydrogens (tertiary/aromatic N) is 2. The number of nitrogens with one attached hydrogen (secondary N) is 2. The Morgan fingerprint density at radius 2 is 1.86 bits per heavy atom. The smallest absolute Gasteiger partial charge is 0.191 e. The van der Waals surface area contributed by atoms with Crippen molar-refractivity contribution < 1.29 is 0 Å². The first-order valence-corrected chi connectivity index (χ1v) is 8.48. The SMILES string of the molecule is CCNC(=NCCC1CC1)NC1CCN(C(C)C)CC1.I. The molecular formula is C16H33IN4. The summed E-state index contributed by atoms with van der Waals surface area (Å²) in [7, 11) is 0. The van der Waals surface area contributed by atoms with E-state index in [-0.39, 0.29) is 24.0 Å². The molecule has 1 saturated heterocycles. The van der Waals surface area contributed by atoms with E-state index in [9.17, 15) is 0 Å². The molecule has 2 rings (SSSR count). The van der Waals surface area contributed by atoms with E-state index in [1.54, 1.807) is 0 Å². The fourth-order valence-corrected chi connectivity index (χ4v) is 2.84. The third-order valence-electron chi connectivity index (χ3n) is 4.45. The summed E-state index contributed by atoms with van der Waals surface area (Å²) in [5.41, 5.74) is 0. The molecule has 5 heteroatoms. The van der Waals surface area contributed by atoms with E-state index in [0.29, 0.717) is 12.1 Å². The standard InChI is InChI=1S/C16H32N4.HI/c1-4-17-16(18-10-7-14-5-6-14)19-15-8-11-20(12-9-15)13(2)3;/h13-15H,4-12H2,1-3H3,(H2,17,18,19);1H. The Morgan fingerprint density at radius 1 is 1.19 bits per heavy atom. The lowest BCUT2D eigenvalue weighted by Crippen LogP contribution is -2.49. The van der Waals surface area contributed by atoms with Gasteiger partial charge in [0, 0.05) is 38.3 Å². The van der Waals surface area contributed by atoms with Crippen LogP contribution in [0.3, 0.4) is 0 Å². The maximum absolute atomic E-state index is 4.72. The maximum atomic E-state index is 4.72. The Balaban J connectivity index is 0.00000220. The summed E-state index contributed by atoms with van der Waals surface area (Å²) in [5, 5.41) is 7.01. The van der Waals surface area contributed by atoms with Gasteiger partial charge in [0.2, 0.25) is 0 Å². The van der Waals surface area contributed by atoms with Crippen molar-refractivity contribution in [3.8, 4) is 0 Å². The third kappa shape index (κ3) is 7.17. The number of hydrogen-bond acceptors (Lipinski definition) is 2. The van der Waals surface area contributed by atoms with Crippen molar-refractivity contribution in [2.45, 2.75) is 65.0 Å². The highest BCUT2D eigenvalue weighted by Crippen LogP contribution is 2.32. The van der Waals surface area contributed by atoms with Crippen LogP contribution in [0, 0.1) is 5.92 Å². The summed E-state index contributed by atoms with van der Waals surface area (Å²) in [4.78, 5) is 7.29. The lowest BCUT2D eigenvalue weighted by Gasteiger charge is -2.35. The van der Waals surface area contributed by atoms with Crippen molar-refractivity contribution in [2.24, 2.45) is 10.9 Å². The van der Waals surface area contributed by atoms with Gasteiger partial charge in [-0.2, -0.15) is 0 Å². The molecule has 1 aliphatic heterocycles. The van der Waals surface area contributed by atoms with Crippen LogP contribution in [0.5, 0.6) is 0 Å². The predicted octanol–water partition coefficient (Wildman–Crippen LogP) is 2.83. The van der Waals surface area contributed by atoms with Crippen LogP contribution in [-0.2, 0) is 0 Å². The largest absolute Gasteiger partial charge is 0.357 e. The average molecular weight is 408 g/mol. The van der Waals surface area contributed by atoms with Gasteiger partial charge in [-0.25, -0.2) is 0 Å². The molecular weight excluding hydrogens is 375 g/mol. The van der Waals surface area contributed by atoms with Gasteiger partial charge in [-0.1, -0.05) is 12.8 Å². The number of aliphatic imine (C=N–C) groups is 1. The minimum Gasteiger partial charge on any atom is -0.357 e. The van der Waals surface area contributed by atoms with Crippen molar-refractivity contribution in [3.05, 3.63) is 0 Å². The van der Waals surface area contributed by atoms with Crippen LogP contribution in [0.25, 0.3) is 0 Å². The van der Waals surface area contributed by atoms with E-state index >= 15 is 0 Å². The molecule has 21 heavy (non-hydrogen) atoms. The third-order valence-corrected chi connectivity index (χ3v) is 4.45. The van der Waals surface area contributed by atoms with Crippen molar-refractivity contribution in [3.63, 3.8) is 0 Å². The molecule has 2 N–H and O–H groups in total. The zero-order valence-electron chi connectivity index (χ0n) is 13.9. The molecule has 0 radical (unpaired) electrons. The lowest BCUT2D eigenvalue weighted by molar-refractivity contribution is 0.167. The van der Waals surface area contributed by atoms with Crippen molar-refractivity contribution in [1.82, 2.24) is 15.5 Å². The van der Waals surface area contributed by atoms with E-state index in [0.717, 1.165) is 25.0 Å². The molecule has 0 unspecified atom stereocenters. The van der Waals surface area contributed by atoms with Crippen LogP contribution in [-0.4, -0.2) is 49.1 Å². The number of likely N-dealkylation sites (tertiary alicyclic amines) is 1. The molecule has 1 aliphatic carbocycles. The fraction of sp³-hybridized carbons (Fsp3) is 0.938. The van der Waals surface area contributed by atoms with Crippen LogP contribution < -0.4 is 10.6 Å². The number of hydrogen-bond donors (Lipinski definition) is 2. The van der Waals surface area contributed by atoms with Crippen LogP contribution in [0.2, 0.25) is 0 Å². The van der Waals surface area contributed by atoms with Crippen LogP contribution in [0.1, 0.15) is 52.9 Å². The molecule has 0 aromatic rings. The van der Waals surface area contributed by atoms with E-state index in [1.165, 1.54) is 45.2 Å². The van der Waals surface area contributed by atoms with Gasteiger partial charge in [0.25, 0.3) is 0 Å². The van der Waals surface area contributed by atoms with Crippen molar-refractivity contribution >= 4 is 29.9 Å². The van der Waals surface area contributed by atoms with Gasteiger partial charge in [-0.15, -0.1) is 24.0 Å². The summed E-state index contributed by atoms with van der Waals surface area (Å²) >= 11 is 0. The average Bonchev–Trinajstić information content (AvgIpc) is 3.23. The van der Waals surface area contributed by atoms with Gasteiger partial charge in [-0.3, -0.25) is 4.99 Å². The summed E-state index contributed by atoms with van der Waals surface area (Å²) in [6.45, 7) is 11.0. The maximum Gasteiger partial charge on any atom is 0.191 e. The molecule has 2 fully saturated rings.